The monoisotopic (exact) mass is 292 g/mol. The number of nitrogens with zero attached hydrogens (tertiary/aromatic N) is 1. The van der Waals surface area contributed by atoms with Crippen molar-refractivity contribution in [1.29, 1.82) is 0 Å². The second kappa shape index (κ2) is 6.82. The average Bonchev–Trinajstić information content (AvgIpc) is 2.44. The third-order valence-electron chi connectivity index (χ3n) is 3.19. The molecule has 20 heavy (non-hydrogen) atoms. The molecule has 1 aromatic heterocycles. The summed E-state index contributed by atoms with van der Waals surface area (Å²) in [6.45, 7) is 4.80. The topological polar surface area (TPSA) is 24.9 Å². The predicted molar refractivity (Wildman–Crippen MR) is 80.5 cm³/mol. The molecular formula is C16H18ClFN2. The number of nitrogens with one attached hydrogen (secondary N) is 1. The molecule has 0 bridgehead atoms. The maximum atomic E-state index is 13.6. The van der Waals surface area contributed by atoms with E-state index in [4.69, 9.17) is 11.6 Å². The van der Waals surface area contributed by atoms with Gasteiger partial charge < -0.3 is 5.32 Å². The van der Waals surface area contributed by atoms with Crippen LogP contribution in [0, 0.1) is 12.7 Å². The van der Waals surface area contributed by atoms with Crippen molar-refractivity contribution in [2.45, 2.75) is 26.3 Å². The van der Waals surface area contributed by atoms with Crippen LogP contribution < -0.4 is 5.32 Å². The van der Waals surface area contributed by atoms with Crippen molar-refractivity contribution in [3.05, 3.63) is 64.2 Å². The van der Waals surface area contributed by atoms with Gasteiger partial charge in [-0.3, -0.25) is 4.98 Å². The van der Waals surface area contributed by atoms with Crippen molar-refractivity contribution in [1.82, 2.24) is 10.3 Å². The summed E-state index contributed by atoms with van der Waals surface area (Å²) in [5, 5.41) is 3.52. The summed E-state index contributed by atoms with van der Waals surface area (Å²) in [5.74, 6) is -0.385. The van der Waals surface area contributed by atoms with Crippen molar-refractivity contribution in [3.63, 3.8) is 0 Å². The van der Waals surface area contributed by atoms with E-state index >= 15 is 0 Å². The van der Waals surface area contributed by atoms with E-state index in [1.165, 1.54) is 6.07 Å². The molecule has 0 fully saturated rings. The molecule has 0 saturated carbocycles. The highest BCUT2D eigenvalue weighted by Crippen LogP contribution is 2.27. The van der Waals surface area contributed by atoms with Crippen molar-refractivity contribution in [2.24, 2.45) is 0 Å². The molecule has 0 aliphatic carbocycles. The number of aromatic nitrogens is 1. The van der Waals surface area contributed by atoms with Crippen molar-refractivity contribution in [3.8, 4) is 0 Å². The summed E-state index contributed by atoms with van der Waals surface area (Å²) in [4.78, 5) is 4.40. The molecule has 0 spiro atoms. The minimum atomic E-state index is -0.385. The normalized spacial score (nSPS) is 12.4. The van der Waals surface area contributed by atoms with Crippen molar-refractivity contribution >= 4 is 11.6 Å². The zero-order valence-electron chi connectivity index (χ0n) is 11.7. The van der Waals surface area contributed by atoms with Crippen LogP contribution in [0.25, 0.3) is 0 Å². The maximum Gasteiger partial charge on any atom is 0.142 e. The molecule has 106 valence electrons. The summed E-state index contributed by atoms with van der Waals surface area (Å²) in [5.41, 5.74) is 2.86. The molecule has 0 amide bonds. The van der Waals surface area contributed by atoms with Gasteiger partial charge in [0, 0.05) is 24.4 Å². The van der Waals surface area contributed by atoms with Crippen LogP contribution in [0.5, 0.6) is 0 Å². The molecule has 1 N–H and O–H groups in total. The molecule has 1 aromatic carbocycles. The zero-order valence-corrected chi connectivity index (χ0v) is 12.4. The van der Waals surface area contributed by atoms with Gasteiger partial charge in [0.2, 0.25) is 0 Å². The molecule has 1 heterocycles. The molecule has 1 unspecified atom stereocenters. The lowest BCUT2D eigenvalue weighted by atomic mass is 10.0. The highest BCUT2D eigenvalue weighted by Gasteiger charge is 2.17. The van der Waals surface area contributed by atoms with Crippen LogP contribution in [0.2, 0.25) is 5.02 Å². The number of pyridine rings is 1. The van der Waals surface area contributed by atoms with Gasteiger partial charge in [-0.05, 0) is 36.7 Å². The summed E-state index contributed by atoms with van der Waals surface area (Å²) < 4.78 is 13.6. The van der Waals surface area contributed by atoms with E-state index in [-0.39, 0.29) is 16.9 Å². The fraction of sp³-hybridized carbons (Fsp3) is 0.312. The Kier molecular flexibility index (Phi) is 5.10. The Morgan fingerprint density at radius 1 is 1.30 bits per heavy atom. The Bertz CT molecular complexity index is 569. The Hall–Kier alpha value is -1.45. The van der Waals surface area contributed by atoms with E-state index in [0.29, 0.717) is 6.42 Å². The number of aryl methyl sites for hydroxylation is 1. The van der Waals surface area contributed by atoms with E-state index in [9.17, 15) is 4.39 Å². The van der Waals surface area contributed by atoms with Gasteiger partial charge in [-0.2, -0.15) is 0 Å². The molecule has 1 atom stereocenters. The molecule has 2 aromatic rings. The quantitative estimate of drug-likeness (QED) is 0.898. The highest BCUT2D eigenvalue weighted by atomic mass is 35.5. The van der Waals surface area contributed by atoms with E-state index < -0.39 is 0 Å². The maximum absolute atomic E-state index is 13.6. The van der Waals surface area contributed by atoms with Crippen LogP contribution in [-0.2, 0) is 6.42 Å². The standard InChI is InChI=1S/C16H18ClFN2/c1-3-19-15(9-12-8-7-11(2)10-20-12)13-5-4-6-14(18)16(13)17/h4-8,10,15,19H,3,9H2,1-2H3. The largest absolute Gasteiger partial charge is 0.310 e. The van der Waals surface area contributed by atoms with Gasteiger partial charge >= 0.3 is 0 Å². The Morgan fingerprint density at radius 2 is 2.10 bits per heavy atom. The minimum Gasteiger partial charge on any atom is -0.310 e. The van der Waals surface area contributed by atoms with Gasteiger partial charge in [-0.25, -0.2) is 4.39 Å². The van der Waals surface area contributed by atoms with Crippen LogP contribution in [0.1, 0.15) is 29.8 Å². The van der Waals surface area contributed by atoms with E-state index in [1.54, 1.807) is 6.07 Å². The molecule has 2 rings (SSSR count). The predicted octanol–water partition coefficient (Wildman–Crippen LogP) is 4.08. The number of benzene rings is 1. The van der Waals surface area contributed by atoms with Crippen molar-refractivity contribution in [2.75, 3.05) is 6.54 Å². The smallest absolute Gasteiger partial charge is 0.142 e. The minimum absolute atomic E-state index is 0.0431. The lowest BCUT2D eigenvalue weighted by Gasteiger charge is -2.19. The lowest BCUT2D eigenvalue weighted by molar-refractivity contribution is 0.538. The number of likely N-dealkylation sites (N-methyl/N-ethyl adjacent to an activating group) is 1. The second-order valence-electron chi connectivity index (χ2n) is 4.78. The van der Waals surface area contributed by atoms with E-state index in [0.717, 1.165) is 23.4 Å². The fourth-order valence-electron chi connectivity index (χ4n) is 2.16. The van der Waals surface area contributed by atoms with Crippen molar-refractivity contribution < 1.29 is 4.39 Å². The number of rotatable bonds is 5. The van der Waals surface area contributed by atoms with Gasteiger partial charge in [-0.1, -0.05) is 36.7 Å². The van der Waals surface area contributed by atoms with E-state index in [1.807, 2.05) is 38.2 Å². The third kappa shape index (κ3) is 3.56. The molecule has 2 nitrogen and oxygen atoms in total. The molecule has 0 aliphatic heterocycles. The van der Waals surface area contributed by atoms with Crippen LogP contribution in [-0.4, -0.2) is 11.5 Å². The van der Waals surface area contributed by atoms with Gasteiger partial charge in [0.05, 0.1) is 5.02 Å². The SMILES string of the molecule is CCNC(Cc1ccc(C)cn1)c1cccc(F)c1Cl. The molecule has 4 heteroatoms. The van der Waals surface area contributed by atoms with Crippen LogP contribution in [0.15, 0.2) is 36.5 Å². The zero-order chi connectivity index (χ0) is 14.5. The first-order valence-corrected chi connectivity index (χ1v) is 7.08. The molecular weight excluding hydrogens is 275 g/mol. The van der Waals surface area contributed by atoms with Gasteiger partial charge in [-0.15, -0.1) is 0 Å². The summed E-state index contributed by atoms with van der Waals surface area (Å²) in [7, 11) is 0. The number of hydrogen-bond donors (Lipinski definition) is 1. The van der Waals surface area contributed by atoms with Crippen LogP contribution >= 0.6 is 11.6 Å². The number of halogens is 2. The Morgan fingerprint density at radius 3 is 2.75 bits per heavy atom. The van der Waals surface area contributed by atoms with Gasteiger partial charge in [0.1, 0.15) is 5.82 Å². The van der Waals surface area contributed by atoms with E-state index in [2.05, 4.69) is 10.3 Å². The summed E-state index contributed by atoms with van der Waals surface area (Å²) in [6.07, 6.45) is 2.52. The lowest BCUT2D eigenvalue weighted by Crippen LogP contribution is -2.23. The first kappa shape index (κ1) is 14.9. The first-order valence-electron chi connectivity index (χ1n) is 6.70. The van der Waals surface area contributed by atoms with Crippen LogP contribution in [0.3, 0.4) is 0 Å². The summed E-state index contributed by atoms with van der Waals surface area (Å²) in [6, 6.07) is 8.89. The molecule has 0 saturated heterocycles. The molecule has 0 aliphatic rings. The molecule has 0 radical (unpaired) electrons. The Balaban J connectivity index is 2.26. The van der Waals surface area contributed by atoms with Gasteiger partial charge in [0.15, 0.2) is 0 Å². The summed E-state index contributed by atoms with van der Waals surface area (Å²) >= 11 is 6.08. The fourth-order valence-corrected chi connectivity index (χ4v) is 2.41. The van der Waals surface area contributed by atoms with Crippen LogP contribution in [0.4, 0.5) is 4.39 Å². The number of hydrogen-bond acceptors (Lipinski definition) is 2. The first-order chi connectivity index (χ1) is 9.61. The van der Waals surface area contributed by atoms with Gasteiger partial charge in [0.25, 0.3) is 0 Å². The second-order valence-corrected chi connectivity index (χ2v) is 5.16. The Labute approximate surface area is 124 Å². The third-order valence-corrected chi connectivity index (χ3v) is 3.59. The highest BCUT2D eigenvalue weighted by molar-refractivity contribution is 6.31. The average molecular weight is 293 g/mol.